The summed E-state index contributed by atoms with van der Waals surface area (Å²) < 4.78 is 8.43. The lowest BCUT2D eigenvalue weighted by Gasteiger charge is -2.25. The molecule has 3 aromatic heterocycles. The van der Waals surface area contributed by atoms with Crippen molar-refractivity contribution in [2.24, 2.45) is 0 Å². The first-order valence-electron chi connectivity index (χ1n) is 11.9. The average Bonchev–Trinajstić information content (AvgIpc) is 3.50. The zero-order chi connectivity index (χ0) is 23.5. The Hall–Kier alpha value is -2.90. The van der Waals surface area contributed by atoms with E-state index in [0.717, 1.165) is 64.9 Å². The van der Waals surface area contributed by atoms with Gasteiger partial charge in [-0.2, -0.15) is 0 Å². The van der Waals surface area contributed by atoms with Gasteiger partial charge in [0.25, 0.3) is 0 Å². The third-order valence-corrected chi connectivity index (χ3v) is 7.61. The Morgan fingerprint density at radius 2 is 1.71 bits per heavy atom. The summed E-state index contributed by atoms with van der Waals surface area (Å²) >= 11 is 0. The summed E-state index contributed by atoms with van der Waals surface area (Å²) in [5.74, 6) is 2.95. The van der Waals surface area contributed by atoms with Crippen molar-refractivity contribution in [3.63, 3.8) is 0 Å². The number of benzene rings is 1. The number of hydrogen-bond acceptors (Lipinski definition) is 5. The van der Waals surface area contributed by atoms with Gasteiger partial charge in [-0.15, -0.1) is 0 Å². The summed E-state index contributed by atoms with van der Waals surface area (Å²) in [6, 6.07) is 16.4. The Morgan fingerprint density at radius 3 is 2.47 bits per heavy atom. The summed E-state index contributed by atoms with van der Waals surface area (Å²) in [7, 11) is -0.605. The molecule has 34 heavy (non-hydrogen) atoms. The fourth-order valence-electron chi connectivity index (χ4n) is 4.44. The summed E-state index contributed by atoms with van der Waals surface area (Å²) in [4.78, 5) is 17.1. The summed E-state index contributed by atoms with van der Waals surface area (Å²) in [5.41, 5.74) is 5.04. The number of para-hydroxylation sites is 2. The van der Waals surface area contributed by atoms with Gasteiger partial charge in [0.15, 0.2) is 0 Å². The maximum absolute atomic E-state index is 6.23. The Labute approximate surface area is 203 Å². The fourth-order valence-corrected chi connectivity index (χ4v) is 5.06. The molecule has 0 spiro atoms. The molecule has 178 valence electrons. The lowest BCUT2D eigenvalue weighted by Crippen LogP contribution is -2.21. The molecule has 4 aromatic rings. The van der Waals surface area contributed by atoms with Crippen LogP contribution in [-0.4, -0.2) is 63.7 Å². The van der Waals surface area contributed by atoms with E-state index in [0.29, 0.717) is 6.73 Å². The van der Waals surface area contributed by atoms with Gasteiger partial charge in [0, 0.05) is 36.8 Å². The number of fused-ring (bicyclic) bond motifs is 1. The van der Waals surface area contributed by atoms with E-state index in [9.17, 15) is 0 Å². The van der Waals surface area contributed by atoms with E-state index in [2.05, 4.69) is 63.6 Å². The van der Waals surface area contributed by atoms with Crippen molar-refractivity contribution in [3.05, 3.63) is 60.9 Å². The lowest BCUT2D eigenvalue weighted by molar-refractivity contribution is 0.0934. The first kappa shape index (κ1) is 22.9. The summed E-state index contributed by atoms with van der Waals surface area (Å²) in [6.07, 6.45) is 13.1. The van der Waals surface area contributed by atoms with Crippen LogP contribution in [0.1, 0.15) is 12.8 Å². The molecule has 1 saturated heterocycles. The molecule has 0 amide bonds. The predicted octanol–water partition coefficient (Wildman–Crippen LogP) is 5.43. The molecule has 4 heterocycles. The average molecular weight is 476 g/mol. The Bertz CT molecular complexity index is 1260. The number of imidazole rings is 1. The van der Waals surface area contributed by atoms with Crippen LogP contribution in [0.5, 0.6) is 0 Å². The fraction of sp³-hybridized carbons (Fsp3) is 0.370. The number of aromatic nitrogens is 4. The number of ether oxygens (including phenoxy) is 1. The molecule has 0 unspecified atom stereocenters. The van der Waals surface area contributed by atoms with Gasteiger partial charge in [0.1, 0.15) is 18.4 Å². The normalized spacial score (nSPS) is 14.7. The first-order valence-corrected chi connectivity index (χ1v) is 14.9. The third-order valence-electron chi connectivity index (χ3n) is 6.22. The third kappa shape index (κ3) is 4.81. The minimum Gasteiger partial charge on any atom is -0.360 e. The van der Waals surface area contributed by atoms with Crippen LogP contribution in [0.15, 0.2) is 60.9 Å². The summed E-state index contributed by atoms with van der Waals surface area (Å²) in [6.45, 7) is 3.22. The highest BCUT2D eigenvalue weighted by atomic mass is 32.3. The van der Waals surface area contributed by atoms with Gasteiger partial charge >= 0.3 is 0 Å². The van der Waals surface area contributed by atoms with Crippen LogP contribution in [0.2, 0.25) is 0 Å². The molecule has 1 aromatic carbocycles. The topological polar surface area (TPSA) is 56.1 Å². The molecule has 7 heteroatoms. The minimum atomic E-state index is -0.605. The number of pyridine rings is 2. The van der Waals surface area contributed by atoms with E-state index in [1.165, 1.54) is 12.8 Å². The van der Waals surface area contributed by atoms with Crippen molar-refractivity contribution in [1.82, 2.24) is 19.5 Å². The standard InChI is InChI=1S/C27H33N5OS/c1-34(2,3)19-18-33-20-32-24-12-5-4-11-23(24)30-27(32)25-21(22-10-6-7-14-28-22)13-15-29-26(25)31-16-8-9-17-31/h4-7,10-15H,8-9,16-20H2,1-3H3. The number of anilines is 1. The van der Waals surface area contributed by atoms with Crippen molar-refractivity contribution in [2.45, 2.75) is 19.6 Å². The van der Waals surface area contributed by atoms with E-state index < -0.39 is 10.0 Å². The molecular formula is C27H33N5OS. The van der Waals surface area contributed by atoms with Crippen LogP contribution in [0.3, 0.4) is 0 Å². The highest BCUT2D eigenvalue weighted by Gasteiger charge is 2.25. The molecule has 0 saturated carbocycles. The van der Waals surface area contributed by atoms with Gasteiger partial charge in [-0.05, 0) is 61.9 Å². The highest BCUT2D eigenvalue weighted by Crippen LogP contribution is 2.39. The van der Waals surface area contributed by atoms with Gasteiger partial charge in [-0.1, -0.05) is 18.2 Å². The Kier molecular flexibility index (Phi) is 6.57. The molecule has 0 radical (unpaired) electrons. The molecule has 0 aliphatic carbocycles. The van der Waals surface area contributed by atoms with Crippen LogP contribution in [0.25, 0.3) is 33.7 Å². The minimum absolute atomic E-state index is 0.460. The second-order valence-electron chi connectivity index (χ2n) is 9.65. The van der Waals surface area contributed by atoms with Crippen LogP contribution in [0, 0.1) is 0 Å². The first-order chi connectivity index (χ1) is 16.5. The van der Waals surface area contributed by atoms with E-state index in [-0.39, 0.29) is 0 Å². The smallest absolute Gasteiger partial charge is 0.147 e. The van der Waals surface area contributed by atoms with Crippen molar-refractivity contribution >= 4 is 26.9 Å². The quantitative estimate of drug-likeness (QED) is 0.318. The van der Waals surface area contributed by atoms with E-state index in [1.54, 1.807) is 0 Å². The molecule has 1 aliphatic rings. The zero-order valence-electron chi connectivity index (χ0n) is 20.3. The maximum Gasteiger partial charge on any atom is 0.147 e. The molecule has 0 bridgehead atoms. The molecule has 0 atom stereocenters. The van der Waals surface area contributed by atoms with Crippen molar-refractivity contribution < 1.29 is 4.74 Å². The number of nitrogens with zero attached hydrogens (tertiary/aromatic N) is 5. The second kappa shape index (κ2) is 9.76. The van der Waals surface area contributed by atoms with Crippen LogP contribution in [-0.2, 0) is 11.5 Å². The number of rotatable bonds is 8. The van der Waals surface area contributed by atoms with Gasteiger partial charge < -0.3 is 9.64 Å². The van der Waals surface area contributed by atoms with Crippen LogP contribution < -0.4 is 4.90 Å². The van der Waals surface area contributed by atoms with Crippen molar-refractivity contribution in [3.8, 4) is 22.6 Å². The SMILES string of the molecule is CS(C)(C)CCOCn1c(-c2c(-c3ccccn3)ccnc2N2CCCC2)nc2ccccc21. The molecule has 5 rings (SSSR count). The van der Waals surface area contributed by atoms with Crippen LogP contribution >= 0.6 is 10.0 Å². The molecule has 1 fully saturated rings. The molecule has 6 nitrogen and oxygen atoms in total. The van der Waals surface area contributed by atoms with Gasteiger partial charge in [-0.3, -0.25) is 9.55 Å². The Morgan fingerprint density at radius 1 is 0.912 bits per heavy atom. The maximum atomic E-state index is 6.23. The molecular weight excluding hydrogens is 442 g/mol. The predicted molar refractivity (Wildman–Crippen MR) is 144 cm³/mol. The summed E-state index contributed by atoms with van der Waals surface area (Å²) in [5, 5.41) is 0. The zero-order valence-corrected chi connectivity index (χ0v) is 21.1. The van der Waals surface area contributed by atoms with Crippen molar-refractivity contribution in [1.29, 1.82) is 0 Å². The number of hydrogen-bond donors (Lipinski definition) is 0. The van der Waals surface area contributed by atoms with Gasteiger partial charge in [-0.25, -0.2) is 20.0 Å². The molecule has 1 aliphatic heterocycles. The van der Waals surface area contributed by atoms with Crippen molar-refractivity contribution in [2.75, 3.05) is 49.1 Å². The monoisotopic (exact) mass is 475 g/mol. The largest absolute Gasteiger partial charge is 0.360 e. The van der Waals surface area contributed by atoms with Gasteiger partial charge in [0.2, 0.25) is 0 Å². The Balaban J connectivity index is 1.65. The van der Waals surface area contributed by atoms with E-state index in [1.807, 2.05) is 30.6 Å². The lowest BCUT2D eigenvalue weighted by atomic mass is 10.0. The van der Waals surface area contributed by atoms with Gasteiger partial charge in [0.05, 0.1) is 28.9 Å². The van der Waals surface area contributed by atoms with E-state index >= 15 is 0 Å². The van der Waals surface area contributed by atoms with Crippen LogP contribution in [0.4, 0.5) is 5.82 Å². The molecule has 0 N–H and O–H groups in total. The second-order valence-corrected chi connectivity index (χ2v) is 14.2. The van der Waals surface area contributed by atoms with E-state index in [4.69, 9.17) is 14.7 Å². The highest BCUT2D eigenvalue weighted by molar-refractivity contribution is 8.32.